The van der Waals surface area contributed by atoms with E-state index in [1.165, 1.54) is 11.1 Å². The number of likely N-dealkylation sites (N-methyl/N-ethyl adjacent to an activating group) is 1. The Hall–Kier alpha value is -2.03. The Morgan fingerprint density at radius 3 is 2.40 bits per heavy atom. The lowest BCUT2D eigenvalue weighted by Gasteiger charge is -2.34. The van der Waals surface area contributed by atoms with Crippen LogP contribution in [0, 0.1) is 12.3 Å². The molecule has 2 N–H and O–H groups in total. The van der Waals surface area contributed by atoms with Gasteiger partial charge in [-0.05, 0) is 24.6 Å². The average Bonchev–Trinajstić information content (AvgIpc) is 2.65. The standard InChI is InChI=1S/C20H31N5/c1-4-11-22-20(21-5-2)23-16-18-9-7-8-10-19(18)17-25-14-12-24(6-3)13-15-25/h1,7-10H,5-6,11-17H2,2-3H3,(H2,21,22,23). The van der Waals surface area contributed by atoms with E-state index in [4.69, 9.17) is 6.42 Å². The number of aliphatic imine (C=N–C) groups is 1. The predicted octanol–water partition coefficient (Wildman–Crippen LogP) is 1.51. The van der Waals surface area contributed by atoms with Gasteiger partial charge < -0.3 is 15.5 Å². The van der Waals surface area contributed by atoms with Crippen molar-refractivity contribution < 1.29 is 0 Å². The Balaban J connectivity index is 1.98. The Bertz CT molecular complexity index is 582. The van der Waals surface area contributed by atoms with Gasteiger partial charge in [0.2, 0.25) is 0 Å². The van der Waals surface area contributed by atoms with Gasteiger partial charge in [-0.2, -0.15) is 0 Å². The molecule has 1 heterocycles. The zero-order valence-corrected chi connectivity index (χ0v) is 15.6. The first-order chi connectivity index (χ1) is 12.3. The topological polar surface area (TPSA) is 42.9 Å². The summed E-state index contributed by atoms with van der Waals surface area (Å²) >= 11 is 0. The maximum absolute atomic E-state index is 5.32. The van der Waals surface area contributed by atoms with Gasteiger partial charge in [0.1, 0.15) is 0 Å². The van der Waals surface area contributed by atoms with E-state index in [1.54, 1.807) is 0 Å². The lowest BCUT2D eigenvalue weighted by Crippen LogP contribution is -2.45. The molecule has 1 saturated heterocycles. The van der Waals surface area contributed by atoms with Crippen LogP contribution in [0.1, 0.15) is 25.0 Å². The lowest BCUT2D eigenvalue weighted by atomic mass is 10.1. The van der Waals surface area contributed by atoms with Gasteiger partial charge in [-0.25, -0.2) is 4.99 Å². The Labute approximate surface area is 152 Å². The van der Waals surface area contributed by atoms with E-state index in [2.05, 4.69) is 69.5 Å². The second kappa shape index (κ2) is 10.8. The minimum Gasteiger partial charge on any atom is -0.357 e. The highest BCUT2D eigenvalue weighted by Gasteiger charge is 2.16. The van der Waals surface area contributed by atoms with Gasteiger partial charge in [0.15, 0.2) is 5.96 Å². The van der Waals surface area contributed by atoms with Gasteiger partial charge in [0.25, 0.3) is 0 Å². The number of benzene rings is 1. The number of terminal acetylenes is 1. The summed E-state index contributed by atoms with van der Waals surface area (Å²) in [5.41, 5.74) is 2.64. The van der Waals surface area contributed by atoms with E-state index in [0.717, 1.165) is 51.8 Å². The summed E-state index contributed by atoms with van der Waals surface area (Å²) in [7, 11) is 0. The molecular weight excluding hydrogens is 310 g/mol. The molecule has 2 rings (SSSR count). The SMILES string of the molecule is C#CCNC(=NCc1ccccc1CN1CCN(CC)CC1)NCC. The molecule has 136 valence electrons. The van der Waals surface area contributed by atoms with Gasteiger partial charge in [0.05, 0.1) is 13.1 Å². The molecule has 1 aromatic carbocycles. The lowest BCUT2D eigenvalue weighted by molar-refractivity contribution is 0.131. The molecule has 0 aromatic heterocycles. The van der Waals surface area contributed by atoms with Crippen molar-refractivity contribution in [2.45, 2.75) is 26.9 Å². The van der Waals surface area contributed by atoms with E-state index in [1.807, 2.05) is 0 Å². The van der Waals surface area contributed by atoms with Crippen molar-refractivity contribution in [2.24, 2.45) is 4.99 Å². The van der Waals surface area contributed by atoms with Crippen molar-refractivity contribution in [2.75, 3.05) is 45.8 Å². The third kappa shape index (κ3) is 6.41. The monoisotopic (exact) mass is 341 g/mol. The molecule has 5 nitrogen and oxygen atoms in total. The first-order valence-corrected chi connectivity index (χ1v) is 9.24. The molecule has 0 spiro atoms. The van der Waals surface area contributed by atoms with Crippen LogP contribution in [-0.2, 0) is 13.1 Å². The highest BCUT2D eigenvalue weighted by Crippen LogP contribution is 2.14. The van der Waals surface area contributed by atoms with E-state index < -0.39 is 0 Å². The van der Waals surface area contributed by atoms with E-state index in [0.29, 0.717) is 13.1 Å². The van der Waals surface area contributed by atoms with Gasteiger partial charge >= 0.3 is 0 Å². The number of rotatable bonds is 7. The van der Waals surface area contributed by atoms with E-state index in [-0.39, 0.29) is 0 Å². The van der Waals surface area contributed by atoms with Crippen LogP contribution in [0.4, 0.5) is 0 Å². The molecule has 1 aliphatic rings. The summed E-state index contributed by atoms with van der Waals surface area (Å²) in [5, 5.41) is 6.37. The fourth-order valence-electron chi connectivity index (χ4n) is 3.01. The van der Waals surface area contributed by atoms with Crippen molar-refractivity contribution in [3.05, 3.63) is 35.4 Å². The Kier molecular flexibility index (Phi) is 8.30. The minimum absolute atomic E-state index is 0.481. The van der Waals surface area contributed by atoms with Gasteiger partial charge in [-0.15, -0.1) is 6.42 Å². The highest BCUT2D eigenvalue weighted by molar-refractivity contribution is 5.80. The van der Waals surface area contributed by atoms with Crippen molar-refractivity contribution >= 4 is 5.96 Å². The number of nitrogens with zero attached hydrogens (tertiary/aromatic N) is 3. The van der Waals surface area contributed by atoms with Crippen molar-refractivity contribution in [1.29, 1.82) is 0 Å². The van der Waals surface area contributed by atoms with Crippen LogP contribution < -0.4 is 10.6 Å². The third-order valence-corrected chi connectivity index (χ3v) is 4.53. The van der Waals surface area contributed by atoms with Gasteiger partial charge in [-0.1, -0.05) is 37.1 Å². The van der Waals surface area contributed by atoms with Crippen LogP contribution in [0.15, 0.2) is 29.3 Å². The van der Waals surface area contributed by atoms with E-state index >= 15 is 0 Å². The number of hydrogen-bond acceptors (Lipinski definition) is 3. The molecule has 1 fully saturated rings. The largest absolute Gasteiger partial charge is 0.357 e. The smallest absolute Gasteiger partial charge is 0.192 e. The normalized spacial score (nSPS) is 16.4. The zero-order chi connectivity index (χ0) is 17.9. The molecule has 5 heteroatoms. The quantitative estimate of drug-likeness (QED) is 0.448. The summed E-state index contributed by atoms with van der Waals surface area (Å²) in [6, 6.07) is 8.60. The summed E-state index contributed by atoms with van der Waals surface area (Å²) in [6.07, 6.45) is 5.32. The van der Waals surface area contributed by atoms with Crippen LogP contribution in [-0.4, -0.2) is 61.6 Å². The molecule has 0 unspecified atom stereocenters. The number of piperazine rings is 1. The molecule has 25 heavy (non-hydrogen) atoms. The molecule has 0 bridgehead atoms. The Morgan fingerprint density at radius 2 is 1.76 bits per heavy atom. The van der Waals surface area contributed by atoms with Crippen molar-refractivity contribution in [3.8, 4) is 12.3 Å². The second-order valence-electron chi connectivity index (χ2n) is 6.23. The summed E-state index contributed by atoms with van der Waals surface area (Å²) in [5.74, 6) is 3.36. The molecule has 0 amide bonds. The van der Waals surface area contributed by atoms with Crippen LogP contribution in [0.5, 0.6) is 0 Å². The Morgan fingerprint density at radius 1 is 1.08 bits per heavy atom. The fourth-order valence-corrected chi connectivity index (χ4v) is 3.01. The highest BCUT2D eigenvalue weighted by atomic mass is 15.3. The molecule has 0 atom stereocenters. The summed E-state index contributed by atoms with van der Waals surface area (Å²) in [6.45, 7) is 13.0. The minimum atomic E-state index is 0.481. The number of nitrogens with one attached hydrogen (secondary N) is 2. The van der Waals surface area contributed by atoms with E-state index in [9.17, 15) is 0 Å². The van der Waals surface area contributed by atoms with Crippen LogP contribution in [0.25, 0.3) is 0 Å². The average molecular weight is 342 g/mol. The maximum atomic E-state index is 5.32. The van der Waals surface area contributed by atoms with Gasteiger partial charge in [0, 0.05) is 39.3 Å². The second-order valence-corrected chi connectivity index (χ2v) is 6.23. The van der Waals surface area contributed by atoms with Crippen LogP contribution in [0.3, 0.4) is 0 Å². The third-order valence-electron chi connectivity index (χ3n) is 4.53. The van der Waals surface area contributed by atoms with Crippen LogP contribution >= 0.6 is 0 Å². The first-order valence-electron chi connectivity index (χ1n) is 9.24. The van der Waals surface area contributed by atoms with Crippen LogP contribution in [0.2, 0.25) is 0 Å². The maximum Gasteiger partial charge on any atom is 0.192 e. The van der Waals surface area contributed by atoms with Crippen molar-refractivity contribution in [1.82, 2.24) is 20.4 Å². The van der Waals surface area contributed by atoms with Crippen molar-refractivity contribution in [3.63, 3.8) is 0 Å². The predicted molar refractivity (Wildman–Crippen MR) is 105 cm³/mol. The molecule has 1 aliphatic heterocycles. The molecule has 0 aliphatic carbocycles. The zero-order valence-electron chi connectivity index (χ0n) is 15.6. The molecule has 1 aromatic rings. The summed E-state index contributed by atoms with van der Waals surface area (Å²) < 4.78 is 0. The number of guanidine groups is 1. The van der Waals surface area contributed by atoms with Gasteiger partial charge in [-0.3, -0.25) is 4.90 Å². The molecule has 0 saturated carbocycles. The molecular formula is C20H31N5. The first kappa shape index (κ1) is 19.3. The molecule has 0 radical (unpaired) electrons. The fraction of sp³-hybridized carbons (Fsp3) is 0.550. The summed E-state index contributed by atoms with van der Waals surface area (Å²) in [4.78, 5) is 9.72. The number of hydrogen-bond donors (Lipinski definition) is 2.